The SMILES string of the molecule is CCCCOCCCNc1ncnc(OCCOC)c1N. The molecule has 0 aliphatic heterocycles. The molecule has 0 bridgehead atoms. The topological polar surface area (TPSA) is 91.5 Å². The molecule has 120 valence electrons. The maximum Gasteiger partial charge on any atom is 0.242 e. The minimum absolute atomic E-state index is 0.378. The Kier molecular flexibility index (Phi) is 9.23. The van der Waals surface area contributed by atoms with Crippen molar-refractivity contribution in [2.75, 3.05) is 51.1 Å². The molecule has 0 spiro atoms. The summed E-state index contributed by atoms with van der Waals surface area (Å²) >= 11 is 0. The van der Waals surface area contributed by atoms with Crippen LogP contribution in [0.15, 0.2) is 6.33 Å². The van der Waals surface area contributed by atoms with E-state index < -0.39 is 0 Å². The lowest BCUT2D eigenvalue weighted by Crippen LogP contribution is -2.12. The maximum absolute atomic E-state index is 5.96. The van der Waals surface area contributed by atoms with Gasteiger partial charge in [0, 0.05) is 26.9 Å². The number of rotatable bonds is 12. The molecule has 0 unspecified atom stereocenters. The van der Waals surface area contributed by atoms with Gasteiger partial charge in [-0.3, -0.25) is 0 Å². The quantitative estimate of drug-likeness (QED) is 0.567. The summed E-state index contributed by atoms with van der Waals surface area (Å²) in [6, 6.07) is 0. The monoisotopic (exact) mass is 298 g/mol. The van der Waals surface area contributed by atoms with Crippen molar-refractivity contribution >= 4 is 11.5 Å². The van der Waals surface area contributed by atoms with Gasteiger partial charge < -0.3 is 25.3 Å². The highest BCUT2D eigenvalue weighted by Gasteiger charge is 2.08. The Morgan fingerprint density at radius 1 is 1.14 bits per heavy atom. The van der Waals surface area contributed by atoms with Gasteiger partial charge in [0.25, 0.3) is 0 Å². The van der Waals surface area contributed by atoms with Crippen molar-refractivity contribution in [2.24, 2.45) is 0 Å². The van der Waals surface area contributed by atoms with Crippen LogP contribution in [0.25, 0.3) is 0 Å². The van der Waals surface area contributed by atoms with Crippen LogP contribution in [0, 0.1) is 0 Å². The largest absolute Gasteiger partial charge is 0.474 e. The molecule has 0 fully saturated rings. The number of ether oxygens (including phenoxy) is 3. The molecule has 0 radical (unpaired) electrons. The zero-order chi connectivity index (χ0) is 15.3. The highest BCUT2D eigenvalue weighted by Crippen LogP contribution is 2.24. The van der Waals surface area contributed by atoms with Crippen molar-refractivity contribution in [1.82, 2.24) is 9.97 Å². The van der Waals surface area contributed by atoms with Crippen molar-refractivity contribution in [3.05, 3.63) is 6.33 Å². The number of nitrogens with two attached hydrogens (primary N) is 1. The third-order valence-electron chi connectivity index (χ3n) is 2.77. The Morgan fingerprint density at radius 2 is 1.95 bits per heavy atom. The standard InChI is InChI=1S/C14H26N4O3/c1-3-4-7-20-8-5-6-16-13-12(15)14(18-11-17-13)21-10-9-19-2/h11H,3-10,15H2,1-2H3,(H,16,17,18). The van der Waals surface area contributed by atoms with Gasteiger partial charge in [0.1, 0.15) is 18.6 Å². The fraction of sp³-hybridized carbons (Fsp3) is 0.714. The zero-order valence-electron chi connectivity index (χ0n) is 12.9. The highest BCUT2D eigenvalue weighted by atomic mass is 16.5. The van der Waals surface area contributed by atoms with E-state index in [1.807, 2.05) is 0 Å². The molecule has 1 heterocycles. The van der Waals surface area contributed by atoms with Gasteiger partial charge in [-0.05, 0) is 12.8 Å². The van der Waals surface area contributed by atoms with Crippen LogP contribution in [0.5, 0.6) is 5.88 Å². The van der Waals surface area contributed by atoms with Gasteiger partial charge in [-0.15, -0.1) is 0 Å². The molecule has 1 rings (SSSR count). The van der Waals surface area contributed by atoms with Gasteiger partial charge in [0.2, 0.25) is 5.88 Å². The van der Waals surface area contributed by atoms with E-state index in [1.165, 1.54) is 6.33 Å². The third kappa shape index (κ3) is 7.10. The van der Waals surface area contributed by atoms with Crippen LogP contribution in [0.2, 0.25) is 0 Å². The molecule has 0 atom stereocenters. The molecule has 0 aromatic carbocycles. The first-order valence-corrected chi connectivity index (χ1v) is 7.33. The van der Waals surface area contributed by atoms with E-state index in [9.17, 15) is 0 Å². The van der Waals surface area contributed by atoms with Crippen molar-refractivity contribution in [2.45, 2.75) is 26.2 Å². The smallest absolute Gasteiger partial charge is 0.242 e. The predicted molar refractivity (Wildman–Crippen MR) is 82.6 cm³/mol. The second-order valence-corrected chi connectivity index (χ2v) is 4.53. The second kappa shape index (κ2) is 11.1. The van der Waals surface area contributed by atoms with Gasteiger partial charge in [0.05, 0.1) is 6.61 Å². The highest BCUT2D eigenvalue weighted by molar-refractivity contribution is 5.66. The summed E-state index contributed by atoms with van der Waals surface area (Å²) < 4.78 is 15.8. The molecule has 7 nitrogen and oxygen atoms in total. The van der Waals surface area contributed by atoms with E-state index in [-0.39, 0.29) is 0 Å². The molecular weight excluding hydrogens is 272 g/mol. The van der Waals surface area contributed by atoms with E-state index in [0.29, 0.717) is 30.6 Å². The minimum atomic E-state index is 0.378. The summed E-state index contributed by atoms with van der Waals surface area (Å²) in [7, 11) is 1.61. The summed E-state index contributed by atoms with van der Waals surface area (Å²) in [5.74, 6) is 0.967. The lowest BCUT2D eigenvalue weighted by molar-refractivity contribution is 0.131. The third-order valence-corrected chi connectivity index (χ3v) is 2.77. The van der Waals surface area contributed by atoms with Gasteiger partial charge in [-0.2, -0.15) is 4.98 Å². The van der Waals surface area contributed by atoms with Crippen LogP contribution in [0.4, 0.5) is 11.5 Å². The Hall–Kier alpha value is -1.60. The lowest BCUT2D eigenvalue weighted by atomic mass is 10.3. The number of nitrogens with one attached hydrogen (secondary N) is 1. The van der Waals surface area contributed by atoms with Crippen molar-refractivity contribution in [1.29, 1.82) is 0 Å². The molecule has 1 aromatic heterocycles. The predicted octanol–water partition coefficient (Wildman–Crippen LogP) is 1.70. The van der Waals surface area contributed by atoms with Gasteiger partial charge in [-0.1, -0.05) is 13.3 Å². The number of hydrogen-bond acceptors (Lipinski definition) is 7. The van der Waals surface area contributed by atoms with E-state index in [2.05, 4.69) is 22.2 Å². The van der Waals surface area contributed by atoms with E-state index >= 15 is 0 Å². The summed E-state index contributed by atoms with van der Waals surface area (Å²) in [5, 5.41) is 3.17. The lowest BCUT2D eigenvalue weighted by Gasteiger charge is -2.11. The Labute approximate surface area is 126 Å². The van der Waals surface area contributed by atoms with E-state index in [4.69, 9.17) is 19.9 Å². The van der Waals surface area contributed by atoms with E-state index in [1.54, 1.807) is 7.11 Å². The van der Waals surface area contributed by atoms with Crippen LogP contribution in [-0.2, 0) is 9.47 Å². The number of unbranched alkanes of at least 4 members (excludes halogenated alkanes) is 1. The number of aromatic nitrogens is 2. The van der Waals surface area contributed by atoms with Crippen LogP contribution < -0.4 is 15.8 Å². The minimum Gasteiger partial charge on any atom is -0.474 e. The first-order valence-electron chi connectivity index (χ1n) is 7.33. The summed E-state index contributed by atoms with van der Waals surface area (Å²) in [6.45, 7) is 5.34. The molecule has 3 N–H and O–H groups in total. The molecule has 0 saturated carbocycles. The van der Waals surface area contributed by atoms with Gasteiger partial charge in [0.15, 0.2) is 5.82 Å². The summed E-state index contributed by atoms with van der Waals surface area (Å²) in [4.78, 5) is 8.13. The number of methoxy groups -OCH3 is 1. The normalized spacial score (nSPS) is 10.6. The Bertz CT molecular complexity index is 390. The fourth-order valence-electron chi connectivity index (χ4n) is 1.59. The van der Waals surface area contributed by atoms with E-state index in [0.717, 1.165) is 39.0 Å². The van der Waals surface area contributed by atoms with Crippen LogP contribution in [0.3, 0.4) is 0 Å². The average Bonchev–Trinajstić information content (AvgIpc) is 2.49. The Morgan fingerprint density at radius 3 is 2.71 bits per heavy atom. The number of anilines is 2. The first kappa shape index (κ1) is 17.5. The fourth-order valence-corrected chi connectivity index (χ4v) is 1.59. The maximum atomic E-state index is 5.96. The summed E-state index contributed by atoms with van der Waals surface area (Å²) in [5.41, 5.74) is 6.38. The average molecular weight is 298 g/mol. The van der Waals surface area contributed by atoms with Crippen molar-refractivity contribution < 1.29 is 14.2 Å². The zero-order valence-corrected chi connectivity index (χ0v) is 12.9. The first-order chi connectivity index (χ1) is 10.3. The number of nitrogen functional groups attached to an aromatic ring is 1. The molecule has 7 heteroatoms. The molecule has 21 heavy (non-hydrogen) atoms. The second-order valence-electron chi connectivity index (χ2n) is 4.53. The van der Waals surface area contributed by atoms with Crippen molar-refractivity contribution in [3.63, 3.8) is 0 Å². The molecule has 1 aromatic rings. The van der Waals surface area contributed by atoms with Crippen LogP contribution in [0.1, 0.15) is 26.2 Å². The van der Waals surface area contributed by atoms with Gasteiger partial charge in [-0.25, -0.2) is 4.98 Å². The molecule has 0 aliphatic rings. The number of hydrogen-bond donors (Lipinski definition) is 2. The molecule has 0 saturated heterocycles. The molecular formula is C14H26N4O3. The van der Waals surface area contributed by atoms with Gasteiger partial charge >= 0.3 is 0 Å². The number of nitrogens with zero attached hydrogens (tertiary/aromatic N) is 2. The molecule has 0 aliphatic carbocycles. The molecule has 0 amide bonds. The van der Waals surface area contributed by atoms with Crippen LogP contribution >= 0.6 is 0 Å². The van der Waals surface area contributed by atoms with Crippen LogP contribution in [-0.4, -0.2) is 50.1 Å². The summed E-state index contributed by atoms with van der Waals surface area (Å²) in [6.07, 6.45) is 4.58. The Balaban J connectivity index is 2.29. The van der Waals surface area contributed by atoms with Crippen molar-refractivity contribution in [3.8, 4) is 5.88 Å².